The van der Waals surface area contributed by atoms with Gasteiger partial charge >= 0.3 is 0 Å². The lowest BCUT2D eigenvalue weighted by molar-refractivity contribution is 0.0733. The largest absolute Gasteiger partial charge is 0.334 e. The lowest BCUT2D eigenvalue weighted by atomic mass is 10.1. The molecule has 28 heavy (non-hydrogen) atoms. The van der Waals surface area contributed by atoms with Crippen molar-refractivity contribution in [2.75, 3.05) is 7.05 Å². The summed E-state index contributed by atoms with van der Waals surface area (Å²) in [6.45, 7) is 1.94. The molecule has 0 bridgehead atoms. The van der Waals surface area contributed by atoms with E-state index in [1.807, 2.05) is 30.3 Å². The Morgan fingerprint density at radius 2 is 1.79 bits per heavy atom. The van der Waals surface area contributed by atoms with E-state index in [0.29, 0.717) is 5.56 Å². The van der Waals surface area contributed by atoms with Crippen molar-refractivity contribution in [3.63, 3.8) is 0 Å². The minimum absolute atomic E-state index is 0.0902. The Labute approximate surface area is 160 Å². The van der Waals surface area contributed by atoms with Gasteiger partial charge in [-0.1, -0.05) is 36.4 Å². The molecule has 144 valence electrons. The first kappa shape index (κ1) is 19.4. The summed E-state index contributed by atoms with van der Waals surface area (Å²) in [7, 11) is 1.54. The number of carbonyl (C=O) groups is 1. The summed E-state index contributed by atoms with van der Waals surface area (Å²) < 4.78 is 27.9. The zero-order chi connectivity index (χ0) is 20.3. The van der Waals surface area contributed by atoms with Crippen LogP contribution in [0.4, 0.5) is 8.78 Å². The van der Waals surface area contributed by atoms with Crippen molar-refractivity contribution in [1.82, 2.24) is 14.7 Å². The molecule has 1 unspecified atom stereocenters. The minimum Gasteiger partial charge on any atom is -0.334 e. The minimum atomic E-state index is -0.972. The summed E-state index contributed by atoms with van der Waals surface area (Å²) in [5, 5.41) is 4.18. The van der Waals surface area contributed by atoms with Crippen LogP contribution in [0, 0.1) is 11.6 Å². The summed E-state index contributed by atoms with van der Waals surface area (Å²) in [6, 6.07) is 15.0. The average Bonchev–Trinajstić information content (AvgIpc) is 2.71. The highest BCUT2D eigenvalue weighted by atomic mass is 19.2. The van der Waals surface area contributed by atoms with Crippen molar-refractivity contribution in [3.8, 4) is 0 Å². The maximum absolute atomic E-state index is 13.5. The van der Waals surface area contributed by atoms with Crippen molar-refractivity contribution < 1.29 is 13.6 Å². The molecule has 0 aliphatic carbocycles. The number of hydrogen-bond acceptors (Lipinski definition) is 3. The van der Waals surface area contributed by atoms with Crippen LogP contribution in [0.3, 0.4) is 0 Å². The highest BCUT2D eigenvalue weighted by Crippen LogP contribution is 2.22. The smallest absolute Gasteiger partial charge is 0.274 e. The van der Waals surface area contributed by atoms with Crippen molar-refractivity contribution in [1.29, 1.82) is 0 Å². The number of nitrogens with zero attached hydrogens (tertiary/aromatic N) is 3. The third-order valence-electron chi connectivity index (χ3n) is 4.59. The molecule has 0 N–H and O–H groups in total. The molecule has 0 aliphatic rings. The first-order valence-electron chi connectivity index (χ1n) is 8.71. The van der Waals surface area contributed by atoms with Crippen LogP contribution >= 0.6 is 0 Å². The van der Waals surface area contributed by atoms with Gasteiger partial charge in [0.15, 0.2) is 11.6 Å². The van der Waals surface area contributed by atoms with E-state index in [0.717, 1.165) is 17.7 Å². The summed E-state index contributed by atoms with van der Waals surface area (Å²) in [6.07, 6.45) is 0. The van der Waals surface area contributed by atoms with E-state index in [1.165, 1.54) is 27.8 Å². The Kier molecular flexibility index (Phi) is 5.63. The van der Waals surface area contributed by atoms with E-state index in [1.54, 1.807) is 14.0 Å². The van der Waals surface area contributed by atoms with E-state index >= 15 is 0 Å². The van der Waals surface area contributed by atoms with Gasteiger partial charge in [0.05, 0.1) is 12.6 Å². The monoisotopic (exact) mass is 383 g/mol. The Balaban J connectivity index is 1.84. The Morgan fingerprint density at radius 1 is 1.07 bits per heavy atom. The number of aromatic nitrogens is 2. The molecular formula is C21H19F2N3O2. The zero-order valence-corrected chi connectivity index (χ0v) is 15.5. The van der Waals surface area contributed by atoms with E-state index in [9.17, 15) is 18.4 Å². The fourth-order valence-corrected chi connectivity index (χ4v) is 2.79. The SMILES string of the molecule is CC(c1ccc(F)c(F)c1)N(C)C(=O)c1ccc(=O)n(Cc2ccccc2)n1. The molecule has 1 atom stereocenters. The van der Waals surface area contributed by atoms with E-state index < -0.39 is 23.6 Å². The second-order valence-corrected chi connectivity index (χ2v) is 6.47. The van der Waals surface area contributed by atoms with Crippen LogP contribution in [0.2, 0.25) is 0 Å². The number of hydrogen-bond donors (Lipinski definition) is 0. The van der Waals surface area contributed by atoms with E-state index in [4.69, 9.17) is 0 Å². The normalized spacial score (nSPS) is 11.9. The number of carbonyl (C=O) groups excluding carboxylic acids is 1. The van der Waals surface area contributed by atoms with Gasteiger partial charge in [0.2, 0.25) is 0 Å². The van der Waals surface area contributed by atoms with Crippen molar-refractivity contribution in [2.45, 2.75) is 19.5 Å². The molecule has 3 rings (SSSR count). The first-order chi connectivity index (χ1) is 13.4. The van der Waals surface area contributed by atoms with Gasteiger partial charge in [-0.3, -0.25) is 9.59 Å². The van der Waals surface area contributed by atoms with Gasteiger partial charge < -0.3 is 4.90 Å². The van der Waals surface area contributed by atoms with Crippen LogP contribution in [0.15, 0.2) is 65.5 Å². The van der Waals surface area contributed by atoms with E-state index in [-0.39, 0.29) is 17.8 Å². The molecule has 0 aliphatic heterocycles. The van der Waals surface area contributed by atoms with Gasteiger partial charge in [-0.2, -0.15) is 5.10 Å². The molecule has 0 radical (unpaired) electrons. The van der Waals surface area contributed by atoms with Gasteiger partial charge in [0.1, 0.15) is 5.69 Å². The zero-order valence-electron chi connectivity index (χ0n) is 15.5. The number of benzene rings is 2. The van der Waals surface area contributed by atoms with Gasteiger partial charge in [0.25, 0.3) is 11.5 Å². The van der Waals surface area contributed by atoms with Gasteiger partial charge in [-0.15, -0.1) is 0 Å². The molecule has 5 nitrogen and oxygen atoms in total. The maximum atomic E-state index is 13.5. The van der Waals surface area contributed by atoms with Crippen LogP contribution < -0.4 is 5.56 Å². The molecule has 0 spiro atoms. The fraction of sp³-hybridized carbons (Fsp3) is 0.190. The topological polar surface area (TPSA) is 55.2 Å². The second-order valence-electron chi connectivity index (χ2n) is 6.47. The predicted molar refractivity (Wildman–Crippen MR) is 101 cm³/mol. The van der Waals surface area contributed by atoms with Crippen molar-refractivity contribution in [3.05, 3.63) is 99.5 Å². The molecule has 0 saturated carbocycles. The Bertz CT molecular complexity index is 1050. The Hall–Kier alpha value is -3.35. The molecule has 1 aromatic heterocycles. The Morgan fingerprint density at radius 3 is 2.46 bits per heavy atom. The molecule has 7 heteroatoms. The molecule has 1 heterocycles. The maximum Gasteiger partial charge on any atom is 0.274 e. The third-order valence-corrected chi connectivity index (χ3v) is 4.59. The van der Waals surface area contributed by atoms with Gasteiger partial charge in [-0.05, 0) is 36.2 Å². The van der Waals surface area contributed by atoms with Crippen LogP contribution in [-0.4, -0.2) is 27.6 Å². The summed E-state index contributed by atoms with van der Waals surface area (Å²) >= 11 is 0. The molecule has 0 saturated heterocycles. The quantitative estimate of drug-likeness (QED) is 0.679. The number of halogens is 2. The number of rotatable bonds is 5. The molecule has 3 aromatic rings. The van der Waals surface area contributed by atoms with Crippen LogP contribution in [0.1, 0.15) is 34.6 Å². The van der Waals surface area contributed by atoms with Crippen molar-refractivity contribution in [2.24, 2.45) is 0 Å². The highest BCUT2D eigenvalue weighted by molar-refractivity contribution is 5.92. The summed E-state index contributed by atoms with van der Waals surface area (Å²) in [5.41, 5.74) is 1.10. The predicted octanol–water partition coefficient (Wildman–Crippen LogP) is 3.40. The first-order valence-corrected chi connectivity index (χ1v) is 8.71. The molecule has 1 amide bonds. The third kappa shape index (κ3) is 4.14. The lowest BCUT2D eigenvalue weighted by Crippen LogP contribution is -2.33. The fourth-order valence-electron chi connectivity index (χ4n) is 2.79. The molecule has 2 aromatic carbocycles. The average molecular weight is 383 g/mol. The van der Waals surface area contributed by atoms with Crippen LogP contribution in [-0.2, 0) is 6.54 Å². The number of amides is 1. The second kappa shape index (κ2) is 8.12. The molecule has 0 fully saturated rings. The standard InChI is InChI=1S/C21H19F2N3O2/c1-14(16-8-9-17(22)18(23)12-16)25(2)21(28)19-10-11-20(27)26(24-19)13-15-6-4-3-5-7-15/h3-12,14H,13H2,1-2H3. The highest BCUT2D eigenvalue weighted by Gasteiger charge is 2.21. The summed E-state index contributed by atoms with van der Waals surface area (Å²) in [5.74, 6) is -2.35. The van der Waals surface area contributed by atoms with Gasteiger partial charge in [-0.25, -0.2) is 13.5 Å². The van der Waals surface area contributed by atoms with Crippen LogP contribution in [0.25, 0.3) is 0 Å². The lowest BCUT2D eigenvalue weighted by Gasteiger charge is -2.25. The van der Waals surface area contributed by atoms with Gasteiger partial charge in [0, 0.05) is 13.1 Å². The van der Waals surface area contributed by atoms with E-state index in [2.05, 4.69) is 5.10 Å². The van der Waals surface area contributed by atoms with Crippen LogP contribution in [0.5, 0.6) is 0 Å². The molecular weight excluding hydrogens is 364 g/mol. The summed E-state index contributed by atoms with van der Waals surface area (Å²) in [4.78, 5) is 26.3. The van der Waals surface area contributed by atoms with Crippen molar-refractivity contribution >= 4 is 5.91 Å².